The van der Waals surface area contributed by atoms with E-state index in [9.17, 15) is 4.79 Å². The Kier molecular flexibility index (Phi) is 3.62. The van der Waals surface area contributed by atoms with Gasteiger partial charge < -0.3 is 5.32 Å². The van der Waals surface area contributed by atoms with E-state index in [0.29, 0.717) is 6.42 Å². The van der Waals surface area contributed by atoms with Crippen LogP contribution in [0.1, 0.15) is 32.3 Å². The van der Waals surface area contributed by atoms with Crippen LogP contribution < -0.4 is 5.32 Å². The lowest BCUT2D eigenvalue weighted by molar-refractivity contribution is -0.117. The first-order chi connectivity index (χ1) is 8.35. The molecule has 0 radical (unpaired) electrons. The highest BCUT2D eigenvalue weighted by Crippen LogP contribution is 2.34. The largest absolute Gasteiger partial charge is 0.359 e. The van der Waals surface area contributed by atoms with Gasteiger partial charge in [-0.1, -0.05) is 35.8 Å². The van der Waals surface area contributed by atoms with Crippen LogP contribution in [0.25, 0.3) is 0 Å². The Morgan fingerprint density at radius 2 is 2.00 bits per heavy atom. The molecule has 0 heterocycles. The van der Waals surface area contributed by atoms with Gasteiger partial charge in [-0.25, -0.2) is 0 Å². The zero-order valence-corrected chi connectivity index (χ0v) is 12.6. The molecule has 1 aromatic rings. The van der Waals surface area contributed by atoms with E-state index in [2.05, 4.69) is 48.1 Å². The van der Waals surface area contributed by atoms with Gasteiger partial charge in [0.2, 0.25) is 0 Å². The maximum Gasteiger partial charge on any atom is 0.157 e. The third-order valence-corrected chi connectivity index (χ3v) is 3.99. The molecule has 0 aliphatic heterocycles. The summed E-state index contributed by atoms with van der Waals surface area (Å²) in [6.45, 7) is 6.32. The molecule has 1 aliphatic rings. The van der Waals surface area contributed by atoms with E-state index >= 15 is 0 Å². The van der Waals surface area contributed by atoms with Crippen LogP contribution in [0.3, 0.4) is 0 Å². The van der Waals surface area contributed by atoms with Gasteiger partial charge in [0, 0.05) is 28.4 Å². The molecule has 0 bridgehead atoms. The number of anilines is 1. The summed E-state index contributed by atoms with van der Waals surface area (Å²) in [6, 6.07) is 6.14. The van der Waals surface area contributed by atoms with E-state index in [-0.39, 0.29) is 11.2 Å². The van der Waals surface area contributed by atoms with E-state index in [4.69, 9.17) is 0 Å². The van der Waals surface area contributed by atoms with Crippen molar-refractivity contribution in [1.29, 1.82) is 0 Å². The first-order valence-corrected chi connectivity index (χ1v) is 6.92. The number of allylic oxidation sites excluding steroid dienone is 2. The first kappa shape index (κ1) is 13.3. The van der Waals surface area contributed by atoms with Crippen molar-refractivity contribution in [3.8, 4) is 0 Å². The minimum Gasteiger partial charge on any atom is -0.359 e. The number of hydrogen-bond donors (Lipinski definition) is 1. The number of benzene rings is 1. The molecule has 1 aliphatic carbocycles. The number of hydrogen-bond acceptors (Lipinski definition) is 2. The lowest BCUT2D eigenvalue weighted by Gasteiger charge is -2.29. The number of carbonyl (C=O) groups is 1. The summed E-state index contributed by atoms with van der Waals surface area (Å²) < 4.78 is 1.08. The fourth-order valence-corrected chi connectivity index (χ4v) is 2.66. The molecular formula is C15H18BrNO. The van der Waals surface area contributed by atoms with Gasteiger partial charge in [0.05, 0.1) is 0 Å². The van der Waals surface area contributed by atoms with E-state index in [1.54, 1.807) is 6.08 Å². The van der Waals surface area contributed by atoms with E-state index in [1.807, 2.05) is 12.1 Å². The molecule has 18 heavy (non-hydrogen) atoms. The minimum atomic E-state index is 0.0517. The number of rotatable bonds is 2. The van der Waals surface area contributed by atoms with Gasteiger partial charge >= 0.3 is 0 Å². The molecule has 96 valence electrons. The van der Waals surface area contributed by atoms with Gasteiger partial charge in [0.1, 0.15) is 0 Å². The topological polar surface area (TPSA) is 29.1 Å². The molecule has 0 atom stereocenters. The molecular weight excluding hydrogens is 290 g/mol. The summed E-state index contributed by atoms with van der Waals surface area (Å²) in [5.41, 5.74) is 3.28. The molecule has 2 nitrogen and oxygen atoms in total. The molecule has 0 aromatic heterocycles. The Morgan fingerprint density at radius 3 is 2.61 bits per heavy atom. The van der Waals surface area contributed by atoms with Crippen LogP contribution in [0, 0.1) is 12.3 Å². The van der Waals surface area contributed by atoms with Crippen LogP contribution in [0.15, 0.2) is 34.4 Å². The standard InChI is InChI=1S/C15H18BrNO/c1-10-4-5-11(7-14(10)16)17-12-6-13(18)9-15(2,3)8-12/h4-7,17H,8-9H2,1-3H3. The highest BCUT2D eigenvalue weighted by molar-refractivity contribution is 9.10. The van der Waals surface area contributed by atoms with Gasteiger partial charge in [0.25, 0.3) is 0 Å². The predicted octanol–water partition coefficient (Wildman–Crippen LogP) is 4.44. The third-order valence-electron chi connectivity index (χ3n) is 3.13. The normalized spacial score (nSPS) is 18.4. The molecule has 0 saturated carbocycles. The fraction of sp³-hybridized carbons (Fsp3) is 0.400. The molecule has 0 unspecified atom stereocenters. The average Bonchev–Trinajstić information content (AvgIpc) is 2.20. The summed E-state index contributed by atoms with van der Waals surface area (Å²) in [7, 11) is 0. The molecule has 2 rings (SSSR count). The maximum atomic E-state index is 11.7. The number of aryl methyl sites for hydroxylation is 1. The third kappa shape index (κ3) is 3.22. The SMILES string of the molecule is Cc1ccc(NC2=CC(=O)CC(C)(C)C2)cc1Br. The van der Waals surface area contributed by atoms with Crippen molar-refractivity contribution in [1.82, 2.24) is 0 Å². The van der Waals surface area contributed by atoms with E-state index in [1.165, 1.54) is 5.56 Å². The Labute approximate surface area is 117 Å². The van der Waals surface area contributed by atoms with Crippen molar-refractivity contribution >= 4 is 27.4 Å². The predicted molar refractivity (Wildman–Crippen MR) is 78.6 cm³/mol. The van der Waals surface area contributed by atoms with Crippen LogP contribution in [-0.4, -0.2) is 5.78 Å². The van der Waals surface area contributed by atoms with Crippen LogP contribution in [0.2, 0.25) is 0 Å². The Balaban J connectivity index is 2.18. The number of ketones is 1. The lowest BCUT2D eigenvalue weighted by Crippen LogP contribution is -2.24. The van der Waals surface area contributed by atoms with E-state index < -0.39 is 0 Å². The molecule has 0 spiro atoms. The lowest BCUT2D eigenvalue weighted by atomic mass is 9.79. The fourth-order valence-electron chi connectivity index (χ4n) is 2.28. The van der Waals surface area contributed by atoms with Gasteiger partial charge in [-0.05, 0) is 36.5 Å². The first-order valence-electron chi connectivity index (χ1n) is 6.12. The summed E-state index contributed by atoms with van der Waals surface area (Å²) in [5.74, 6) is 0.208. The molecule has 3 heteroatoms. The zero-order chi connectivity index (χ0) is 13.3. The van der Waals surface area contributed by atoms with Crippen molar-refractivity contribution in [3.63, 3.8) is 0 Å². The maximum absolute atomic E-state index is 11.7. The Morgan fingerprint density at radius 1 is 1.28 bits per heavy atom. The van der Waals surface area contributed by atoms with Crippen LogP contribution in [0.4, 0.5) is 5.69 Å². The number of nitrogens with one attached hydrogen (secondary N) is 1. The highest BCUT2D eigenvalue weighted by Gasteiger charge is 2.27. The monoisotopic (exact) mass is 307 g/mol. The quantitative estimate of drug-likeness (QED) is 0.875. The van der Waals surface area contributed by atoms with Crippen molar-refractivity contribution < 1.29 is 4.79 Å². The summed E-state index contributed by atoms with van der Waals surface area (Å²) in [6.07, 6.45) is 3.28. The van der Waals surface area contributed by atoms with Gasteiger partial charge in [-0.2, -0.15) is 0 Å². The van der Waals surface area contributed by atoms with Crippen molar-refractivity contribution in [3.05, 3.63) is 40.0 Å². The van der Waals surface area contributed by atoms with Crippen molar-refractivity contribution in [2.24, 2.45) is 5.41 Å². The summed E-state index contributed by atoms with van der Waals surface area (Å²) >= 11 is 3.52. The Bertz CT molecular complexity index is 517. The zero-order valence-electron chi connectivity index (χ0n) is 11.0. The van der Waals surface area contributed by atoms with Crippen molar-refractivity contribution in [2.75, 3.05) is 5.32 Å². The average molecular weight is 308 g/mol. The summed E-state index contributed by atoms with van der Waals surface area (Å²) in [4.78, 5) is 11.7. The van der Waals surface area contributed by atoms with Crippen molar-refractivity contribution in [2.45, 2.75) is 33.6 Å². The minimum absolute atomic E-state index is 0.0517. The van der Waals surface area contributed by atoms with Crippen LogP contribution in [0.5, 0.6) is 0 Å². The number of carbonyl (C=O) groups excluding carboxylic acids is 1. The second-order valence-corrected chi connectivity index (χ2v) is 6.60. The molecule has 1 N–H and O–H groups in total. The molecule has 1 aromatic carbocycles. The van der Waals surface area contributed by atoms with Gasteiger partial charge in [-0.3, -0.25) is 4.79 Å². The highest BCUT2D eigenvalue weighted by atomic mass is 79.9. The number of halogens is 1. The molecule has 0 saturated heterocycles. The molecule has 0 amide bonds. The van der Waals surface area contributed by atoms with E-state index in [0.717, 1.165) is 22.3 Å². The second-order valence-electron chi connectivity index (χ2n) is 5.74. The summed E-state index contributed by atoms with van der Waals surface area (Å²) in [5, 5.41) is 3.35. The second kappa shape index (κ2) is 4.88. The smallest absolute Gasteiger partial charge is 0.157 e. The molecule has 0 fully saturated rings. The Hall–Kier alpha value is -1.09. The van der Waals surface area contributed by atoms with Crippen LogP contribution >= 0.6 is 15.9 Å². The van der Waals surface area contributed by atoms with Gasteiger partial charge in [0.15, 0.2) is 5.78 Å². The van der Waals surface area contributed by atoms with Crippen LogP contribution in [-0.2, 0) is 4.79 Å². The van der Waals surface area contributed by atoms with Gasteiger partial charge in [-0.15, -0.1) is 0 Å².